The molecule has 3 unspecified atom stereocenters. The third-order valence-electron chi connectivity index (χ3n) is 9.12. The van der Waals surface area contributed by atoms with Gasteiger partial charge in [-0.3, -0.25) is 24.4 Å². The predicted molar refractivity (Wildman–Crippen MR) is 141 cm³/mol. The van der Waals surface area contributed by atoms with Crippen LogP contribution in [0, 0.1) is 17.3 Å². The van der Waals surface area contributed by atoms with E-state index in [1.165, 1.54) is 4.90 Å². The van der Waals surface area contributed by atoms with Crippen LogP contribution in [0.5, 0.6) is 0 Å². The number of piperidine rings is 1. The lowest BCUT2D eigenvalue weighted by atomic mass is 9.73. The molecule has 6 nitrogen and oxygen atoms in total. The molecular formula is C28H24ClFN4O2S. The number of pyridine rings is 1. The number of aromatic nitrogens is 2. The van der Waals surface area contributed by atoms with Gasteiger partial charge in [0, 0.05) is 58.4 Å². The number of hydrogen-bond donors (Lipinski definition) is 0. The number of nitrogens with zero attached hydrogens (tertiary/aromatic N) is 4. The van der Waals surface area contributed by atoms with Crippen LogP contribution in [0.25, 0.3) is 32.2 Å². The summed E-state index contributed by atoms with van der Waals surface area (Å²) in [6.45, 7) is 5.94. The van der Waals surface area contributed by atoms with Crippen LogP contribution in [0.1, 0.15) is 18.7 Å². The molecule has 9 heteroatoms. The number of likely N-dealkylation sites (tertiary alicyclic amines) is 1. The lowest BCUT2D eigenvalue weighted by Crippen LogP contribution is -2.84. The molecule has 5 aliphatic rings. The SMILES string of the molecule is CC1(C)C2C(=O)N(Cc3cc4nccc(-c5cc(Cl)cc6ccn(CC7N8CC7(F)C8)c56)c4s3)C(=O)C21. The summed E-state index contributed by atoms with van der Waals surface area (Å²) >= 11 is 8.11. The number of hydrogen-bond acceptors (Lipinski definition) is 5. The second kappa shape index (κ2) is 6.98. The Hall–Kier alpha value is -2.81. The molecule has 1 aliphatic carbocycles. The number of carbonyl (C=O) groups is 2. The van der Waals surface area contributed by atoms with E-state index >= 15 is 0 Å². The molecule has 4 aromatic rings. The van der Waals surface area contributed by atoms with E-state index in [1.54, 1.807) is 17.5 Å². The van der Waals surface area contributed by atoms with E-state index in [4.69, 9.17) is 11.6 Å². The number of imide groups is 1. The molecule has 2 bridgehead atoms. The highest BCUT2D eigenvalue weighted by molar-refractivity contribution is 7.19. The molecule has 4 aliphatic heterocycles. The van der Waals surface area contributed by atoms with E-state index in [0.717, 1.165) is 37.1 Å². The van der Waals surface area contributed by atoms with Crippen molar-refractivity contribution in [3.8, 4) is 11.1 Å². The molecule has 3 aromatic heterocycles. The van der Waals surface area contributed by atoms with Gasteiger partial charge in [0.05, 0.1) is 40.2 Å². The molecule has 3 atom stereocenters. The summed E-state index contributed by atoms with van der Waals surface area (Å²) in [7, 11) is 0. The van der Waals surface area contributed by atoms with Gasteiger partial charge in [-0.2, -0.15) is 0 Å². The molecule has 0 radical (unpaired) electrons. The van der Waals surface area contributed by atoms with Crippen LogP contribution >= 0.6 is 22.9 Å². The fourth-order valence-corrected chi connectivity index (χ4v) is 8.25. The van der Waals surface area contributed by atoms with E-state index in [9.17, 15) is 14.0 Å². The fourth-order valence-electron chi connectivity index (χ4n) is 6.89. The quantitative estimate of drug-likeness (QED) is 0.334. The van der Waals surface area contributed by atoms with Gasteiger partial charge in [0.25, 0.3) is 0 Å². The lowest BCUT2D eigenvalue weighted by molar-refractivity contribution is -0.227. The zero-order valence-electron chi connectivity index (χ0n) is 20.4. The highest BCUT2D eigenvalue weighted by Gasteiger charge is 2.72. The minimum Gasteiger partial charge on any atom is -0.345 e. The first kappa shape index (κ1) is 22.2. The monoisotopic (exact) mass is 534 g/mol. The van der Waals surface area contributed by atoms with E-state index < -0.39 is 5.67 Å². The van der Waals surface area contributed by atoms with E-state index in [0.29, 0.717) is 24.7 Å². The van der Waals surface area contributed by atoms with Crippen molar-refractivity contribution >= 4 is 55.9 Å². The molecule has 5 fully saturated rings. The minimum atomic E-state index is -1.06. The maximum atomic E-state index is 14.8. The van der Waals surface area contributed by atoms with Crippen molar-refractivity contribution in [1.29, 1.82) is 0 Å². The van der Waals surface area contributed by atoms with Gasteiger partial charge in [0.15, 0.2) is 5.67 Å². The first-order valence-electron chi connectivity index (χ1n) is 12.6. The van der Waals surface area contributed by atoms with Gasteiger partial charge in [0.2, 0.25) is 11.8 Å². The van der Waals surface area contributed by atoms with Crippen LogP contribution in [-0.4, -0.2) is 56.0 Å². The predicted octanol–water partition coefficient (Wildman–Crippen LogP) is 5.12. The van der Waals surface area contributed by atoms with Crippen LogP contribution in [-0.2, 0) is 22.7 Å². The summed E-state index contributed by atoms with van der Waals surface area (Å²) < 4.78 is 17.9. The van der Waals surface area contributed by atoms with Gasteiger partial charge in [-0.25, -0.2) is 4.39 Å². The zero-order valence-corrected chi connectivity index (χ0v) is 21.9. The van der Waals surface area contributed by atoms with Gasteiger partial charge >= 0.3 is 0 Å². The third kappa shape index (κ3) is 2.86. The number of amides is 2. The first-order valence-corrected chi connectivity index (χ1v) is 13.8. The largest absolute Gasteiger partial charge is 0.345 e. The van der Waals surface area contributed by atoms with Crippen LogP contribution in [0.4, 0.5) is 4.39 Å². The standard InChI is InChI=1S/C28H24ClFN4O2S/c1-27(2)21-22(27)26(36)34(25(21)35)10-16-9-19-24(37-16)17(3-5-31-19)18-8-15(29)7-14-4-6-32(23(14)18)11-20-28(30)12-33(20)13-28/h3-9,20-22H,10-13H2,1-2H3. The number of halogens is 2. The molecule has 1 saturated carbocycles. The van der Waals surface area contributed by atoms with Crippen LogP contribution in [0.2, 0.25) is 5.02 Å². The summed E-state index contributed by atoms with van der Waals surface area (Å²) in [6.07, 6.45) is 3.80. The Balaban J connectivity index is 1.18. The fraction of sp³-hybridized carbons (Fsp3) is 0.393. The van der Waals surface area contributed by atoms with Crippen molar-refractivity contribution in [2.75, 3.05) is 13.1 Å². The second-order valence-electron chi connectivity index (χ2n) is 11.6. The summed E-state index contributed by atoms with van der Waals surface area (Å²) in [6, 6.07) is 9.82. The van der Waals surface area contributed by atoms with E-state index in [1.807, 2.05) is 50.4 Å². The number of rotatable bonds is 5. The Morgan fingerprint density at radius 3 is 2.54 bits per heavy atom. The second-order valence-corrected chi connectivity index (χ2v) is 13.2. The molecule has 7 heterocycles. The highest BCUT2D eigenvalue weighted by atomic mass is 35.5. The van der Waals surface area contributed by atoms with Crippen LogP contribution < -0.4 is 0 Å². The summed E-state index contributed by atoms with van der Waals surface area (Å²) in [5.41, 5.74) is 2.53. The van der Waals surface area contributed by atoms with Gasteiger partial charge in [-0.1, -0.05) is 25.4 Å². The molecule has 1 aromatic carbocycles. The molecule has 0 spiro atoms. The van der Waals surface area contributed by atoms with Crippen LogP contribution in [0.15, 0.2) is 42.7 Å². The Kier molecular flexibility index (Phi) is 4.19. The Bertz CT molecular complexity index is 1660. The zero-order chi connectivity index (χ0) is 25.4. The summed E-state index contributed by atoms with van der Waals surface area (Å²) in [4.78, 5) is 34.9. The third-order valence-corrected chi connectivity index (χ3v) is 10.5. The van der Waals surface area contributed by atoms with Crippen molar-refractivity contribution in [3.05, 3.63) is 52.6 Å². The number of carbonyl (C=O) groups excluding carboxylic acids is 2. The summed E-state index contributed by atoms with van der Waals surface area (Å²) in [5.74, 6) is -0.486. The first-order chi connectivity index (χ1) is 17.7. The Morgan fingerprint density at radius 2 is 1.86 bits per heavy atom. The van der Waals surface area contributed by atoms with Crippen LogP contribution in [0.3, 0.4) is 0 Å². The molecule has 9 rings (SSSR count). The topological polar surface area (TPSA) is 58.4 Å². The molecular weight excluding hydrogens is 511 g/mol. The summed E-state index contributed by atoms with van der Waals surface area (Å²) in [5, 5.41) is 1.64. The Morgan fingerprint density at radius 1 is 1.11 bits per heavy atom. The molecule has 2 amide bonds. The maximum Gasteiger partial charge on any atom is 0.234 e. The number of alkyl halides is 1. The average molecular weight is 535 g/mol. The van der Waals surface area contributed by atoms with Crippen molar-refractivity contribution in [1.82, 2.24) is 19.4 Å². The van der Waals surface area contributed by atoms with Gasteiger partial charge in [-0.05, 0) is 35.7 Å². The van der Waals surface area contributed by atoms with Crippen molar-refractivity contribution in [3.63, 3.8) is 0 Å². The van der Waals surface area contributed by atoms with Gasteiger partial charge in [-0.15, -0.1) is 11.3 Å². The number of thiophene rings is 1. The average Bonchev–Trinajstić information content (AvgIpc) is 3.20. The van der Waals surface area contributed by atoms with Crippen molar-refractivity contribution in [2.24, 2.45) is 17.3 Å². The highest BCUT2D eigenvalue weighted by Crippen LogP contribution is 2.63. The molecule has 37 heavy (non-hydrogen) atoms. The maximum absolute atomic E-state index is 14.8. The van der Waals surface area contributed by atoms with Gasteiger partial charge in [0.1, 0.15) is 0 Å². The molecule has 4 saturated heterocycles. The number of fused-ring (bicyclic) bond motifs is 3. The lowest BCUT2D eigenvalue weighted by Gasteiger charge is -2.65. The van der Waals surface area contributed by atoms with Gasteiger partial charge < -0.3 is 4.57 Å². The van der Waals surface area contributed by atoms with E-state index in [2.05, 4.69) is 14.5 Å². The normalized spacial score (nSPS) is 31.1. The minimum absolute atomic E-state index is 0.0598. The molecule has 0 N–H and O–H groups in total. The van der Waals surface area contributed by atoms with Crippen molar-refractivity contribution < 1.29 is 14.0 Å². The Labute approximate surface area is 221 Å². The number of benzene rings is 1. The van der Waals surface area contributed by atoms with E-state index in [-0.39, 0.29) is 41.7 Å². The molecule has 188 valence electrons. The smallest absolute Gasteiger partial charge is 0.234 e. The van der Waals surface area contributed by atoms with Crippen molar-refractivity contribution in [2.45, 2.75) is 38.6 Å².